The van der Waals surface area contributed by atoms with Gasteiger partial charge in [-0.05, 0) is 73.4 Å². The van der Waals surface area contributed by atoms with Crippen LogP contribution in [-0.4, -0.2) is 31.7 Å². The van der Waals surface area contributed by atoms with E-state index in [-0.39, 0.29) is 55.6 Å². The Bertz CT molecular complexity index is 2330. The molecule has 1 unspecified atom stereocenters. The summed E-state index contributed by atoms with van der Waals surface area (Å²) in [6.45, 7) is 9.48. The van der Waals surface area contributed by atoms with Crippen molar-refractivity contribution in [1.29, 1.82) is 0 Å². The number of ether oxygens (including phenoxy) is 1. The summed E-state index contributed by atoms with van der Waals surface area (Å²) in [5.74, 6) is -2.75. The molecule has 1 aliphatic rings. The third kappa shape index (κ3) is 7.55. The van der Waals surface area contributed by atoms with Crippen molar-refractivity contribution in [2.24, 2.45) is 11.3 Å². The van der Waals surface area contributed by atoms with E-state index in [0.29, 0.717) is 11.4 Å². The molecule has 7 rings (SSSR count). The molecule has 6 aromatic rings. The van der Waals surface area contributed by atoms with Gasteiger partial charge < -0.3 is 9.30 Å². The van der Waals surface area contributed by atoms with Gasteiger partial charge in [0.15, 0.2) is 0 Å². The molecule has 0 saturated carbocycles. The summed E-state index contributed by atoms with van der Waals surface area (Å²) >= 11 is 0. The van der Waals surface area contributed by atoms with E-state index < -0.39 is 36.2 Å². The molecule has 0 aliphatic heterocycles. The van der Waals surface area contributed by atoms with Gasteiger partial charge in [0, 0.05) is 46.0 Å². The molecule has 1 aliphatic carbocycles. The molecule has 0 bridgehead atoms. The molecule has 0 amide bonds. The zero-order valence-electron chi connectivity index (χ0n) is 29.6. The summed E-state index contributed by atoms with van der Waals surface area (Å²) in [5.41, 5.74) is 2.21. The summed E-state index contributed by atoms with van der Waals surface area (Å²) in [7, 11) is 0. The van der Waals surface area contributed by atoms with E-state index in [1.54, 1.807) is 30.5 Å². The molecule has 12 heteroatoms. The molecule has 0 fully saturated rings. The average molecular weight is 910 g/mol. The molecule has 0 spiro atoms. The standard InChI is InChI=1S/C41H36F6N4O.Pt/c1-24-37(38-32(40(42,43)44)13-9-14-33(38)41(45,46)47)25(2)51(49-24)27-10-8-11-28(21-27)52-29-16-17-31-30-12-6-7-15-34(30)50(35(31)22-29)36-20-26(18-19-48-36)23-39(3,4)5;/h6-8,10-13,15-20,33,38H,9,14,23H2,1-5H3;/q-2;+2/t33-,38?;/m0./s1. The van der Waals surface area contributed by atoms with Crippen molar-refractivity contribution >= 4 is 21.8 Å². The molecule has 0 radical (unpaired) electrons. The Morgan fingerprint density at radius 2 is 1.60 bits per heavy atom. The smallest absolute Gasteiger partial charge is 0.509 e. The first-order chi connectivity index (χ1) is 24.5. The first kappa shape index (κ1) is 38.4. The third-order valence-corrected chi connectivity index (χ3v) is 9.52. The first-order valence-electron chi connectivity index (χ1n) is 17.0. The second-order valence-electron chi connectivity index (χ2n) is 14.6. The SMILES string of the molecule is Cc1nn(-c2[c-]c(Oc3[c-]c4c(cc3)c3ccccc3n4-c3cc(CC(C)(C)C)ccn3)ccc2)c(C)c1C1C(C(F)(F)F)=CCC[C@@H]1C(F)(F)F.[Pt+2]. The van der Waals surface area contributed by atoms with Gasteiger partial charge in [-0.1, -0.05) is 50.6 Å². The van der Waals surface area contributed by atoms with Crippen molar-refractivity contribution in [1.82, 2.24) is 19.3 Å². The number of para-hydroxylation sites is 1. The van der Waals surface area contributed by atoms with E-state index in [1.165, 1.54) is 18.5 Å². The van der Waals surface area contributed by atoms with Crippen LogP contribution in [0.5, 0.6) is 11.5 Å². The Morgan fingerprint density at radius 3 is 2.32 bits per heavy atom. The number of pyridine rings is 1. The minimum Gasteiger partial charge on any atom is -0.509 e. The van der Waals surface area contributed by atoms with Crippen LogP contribution in [0, 0.1) is 37.3 Å². The summed E-state index contributed by atoms with van der Waals surface area (Å²) in [5, 5.41) is 6.40. The predicted octanol–water partition coefficient (Wildman–Crippen LogP) is 11.5. The molecule has 3 aromatic heterocycles. The third-order valence-electron chi connectivity index (χ3n) is 9.52. The first-order valence-corrected chi connectivity index (χ1v) is 17.0. The monoisotopic (exact) mass is 909 g/mol. The number of aryl methyl sites for hydroxylation is 1. The fraction of sp³-hybridized carbons (Fsp3) is 0.317. The fourth-order valence-electron chi connectivity index (χ4n) is 7.48. The van der Waals surface area contributed by atoms with E-state index in [1.807, 2.05) is 41.0 Å². The molecule has 3 aromatic carbocycles. The molecule has 0 N–H and O–H groups in total. The van der Waals surface area contributed by atoms with Gasteiger partial charge in [-0.15, -0.1) is 35.7 Å². The van der Waals surface area contributed by atoms with Gasteiger partial charge in [0.2, 0.25) is 0 Å². The van der Waals surface area contributed by atoms with E-state index in [9.17, 15) is 26.3 Å². The van der Waals surface area contributed by atoms with Crippen LogP contribution < -0.4 is 4.74 Å². The zero-order chi connectivity index (χ0) is 37.2. The van der Waals surface area contributed by atoms with Gasteiger partial charge in [0.25, 0.3) is 0 Å². The number of nitrogens with zero attached hydrogens (tertiary/aromatic N) is 4. The summed E-state index contributed by atoms with van der Waals surface area (Å²) < 4.78 is 94.7. The number of rotatable bonds is 6. The van der Waals surface area contributed by atoms with Crippen LogP contribution in [0.1, 0.15) is 62.0 Å². The van der Waals surface area contributed by atoms with Gasteiger partial charge in [-0.2, -0.15) is 43.6 Å². The summed E-state index contributed by atoms with van der Waals surface area (Å²) in [6.07, 6.45) is -6.95. The van der Waals surface area contributed by atoms with Gasteiger partial charge in [0.05, 0.1) is 11.6 Å². The molecule has 5 nitrogen and oxygen atoms in total. The number of allylic oxidation sites excluding steroid dienone is 2. The molecule has 3 heterocycles. The van der Waals surface area contributed by atoms with Crippen molar-refractivity contribution in [3.63, 3.8) is 0 Å². The number of alkyl halides is 6. The molecule has 53 heavy (non-hydrogen) atoms. The van der Waals surface area contributed by atoms with Crippen LogP contribution in [0.3, 0.4) is 0 Å². The Hall–Kier alpha value is -4.37. The molecule has 2 atom stereocenters. The van der Waals surface area contributed by atoms with Gasteiger partial charge in [-0.25, -0.2) is 4.98 Å². The van der Waals surface area contributed by atoms with Gasteiger partial charge >= 0.3 is 33.4 Å². The summed E-state index contributed by atoms with van der Waals surface area (Å²) in [4.78, 5) is 4.72. The van der Waals surface area contributed by atoms with Crippen molar-refractivity contribution in [3.05, 3.63) is 119 Å². The quantitative estimate of drug-likeness (QED) is 0.0950. The fourth-order valence-corrected chi connectivity index (χ4v) is 7.48. The number of hydrogen-bond donors (Lipinski definition) is 0. The van der Waals surface area contributed by atoms with Crippen molar-refractivity contribution < 1.29 is 52.1 Å². The van der Waals surface area contributed by atoms with Crippen molar-refractivity contribution in [2.75, 3.05) is 0 Å². The van der Waals surface area contributed by atoms with Crippen LogP contribution in [0.4, 0.5) is 26.3 Å². The molecule has 0 saturated heterocycles. The number of fused-ring (bicyclic) bond motifs is 3. The topological polar surface area (TPSA) is 44.9 Å². The maximum Gasteiger partial charge on any atom is 2.00 e. The Morgan fingerprint density at radius 1 is 0.868 bits per heavy atom. The minimum atomic E-state index is -4.93. The molecular formula is C41H36F6N4OPt. The largest absolute Gasteiger partial charge is 2.00 e. The van der Waals surface area contributed by atoms with Crippen LogP contribution >= 0.6 is 0 Å². The Kier molecular flexibility index (Phi) is 10.2. The number of hydrogen-bond acceptors (Lipinski definition) is 3. The normalized spacial score (nSPS) is 16.8. The molecular weight excluding hydrogens is 874 g/mol. The van der Waals surface area contributed by atoms with E-state index >= 15 is 0 Å². The number of aromatic nitrogens is 4. The van der Waals surface area contributed by atoms with E-state index in [2.05, 4.69) is 44.1 Å². The second-order valence-corrected chi connectivity index (χ2v) is 14.6. The van der Waals surface area contributed by atoms with Gasteiger partial charge in [0.1, 0.15) is 5.82 Å². The maximum absolute atomic E-state index is 14.2. The minimum absolute atomic E-state index is 0. The second kappa shape index (κ2) is 14.1. The Labute approximate surface area is 317 Å². The van der Waals surface area contributed by atoms with E-state index in [0.717, 1.165) is 45.7 Å². The average Bonchev–Trinajstić information content (AvgIpc) is 3.55. The van der Waals surface area contributed by atoms with Crippen LogP contribution in [0.25, 0.3) is 33.3 Å². The number of halogens is 6. The summed E-state index contributed by atoms with van der Waals surface area (Å²) in [6, 6.07) is 27.3. The Balaban J connectivity index is 0.00000481. The van der Waals surface area contributed by atoms with Crippen molar-refractivity contribution in [3.8, 4) is 23.0 Å². The van der Waals surface area contributed by atoms with E-state index in [4.69, 9.17) is 9.72 Å². The van der Waals surface area contributed by atoms with Crippen molar-refractivity contribution in [2.45, 2.75) is 72.2 Å². The number of benzene rings is 3. The predicted molar refractivity (Wildman–Crippen MR) is 188 cm³/mol. The van der Waals surface area contributed by atoms with Crippen LogP contribution in [0.15, 0.2) is 84.6 Å². The molecule has 278 valence electrons. The van der Waals surface area contributed by atoms with Gasteiger partial charge in [-0.3, -0.25) is 4.68 Å². The maximum atomic E-state index is 14.2. The zero-order valence-corrected chi connectivity index (χ0v) is 31.8. The van der Waals surface area contributed by atoms with Crippen LogP contribution in [0.2, 0.25) is 0 Å². The van der Waals surface area contributed by atoms with Crippen LogP contribution in [-0.2, 0) is 27.5 Å².